The highest BCUT2D eigenvalue weighted by Gasteiger charge is 2.15. The SMILES string of the molecule is COc1cc(C(=O)Nc2ccc(N(C)C)cc2)ccc1Nc1ncc(Cl)c(-c2cnn(C(C)C)c2)n1. The molecule has 4 aromatic rings. The number of hydrogen-bond donors (Lipinski definition) is 2. The van der Waals surface area contributed by atoms with E-state index in [4.69, 9.17) is 16.3 Å². The number of rotatable bonds is 8. The molecule has 2 aromatic heterocycles. The quantitative estimate of drug-likeness (QED) is 0.319. The van der Waals surface area contributed by atoms with Crippen LogP contribution in [0.3, 0.4) is 0 Å². The van der Waals surface area contributed by atoms with Gasteiger partial charge in [0.05, 0.1) is 35.9 Å². The Labute approximate surface area is 215 Å². The van der Waals surface area contributed by atoms with E-state index in [0.717, 1.165) is 11.3 Å². The highest BCUT2D eigenvalue weighted by Crippen LogP contribution is 2.31. The Hall–Kier alpha value is -4.11. The average Bonchev–Trinajstić information content (AvgIpc) is 3.36. The van der Waals surface area contributed by atoms with Crippen molar-refractivity contribution < 1.29 is 9.53 Å². The first-order valence-electron chi connectivity index (χ1n) is 11.4. The minimum Gasteiger partial charge on any atom is -0.495 e. The van der Waals surface area contributed by atoms with Gasteiger partial charge in [-0.25, -0.2) is 9.97 Å². The summed E-state index contributed by atoms with van der Waals surface area (Å²) in [7, 11) is 5.47. The van der Waals surface area contributed by atoms with Gasteiger partial charge in [-0.2, -0.15) is 5.10 Å². The van der Waals surface area contributed by atoms with Crippen LogP contribution in [0.25, 0.3) is 11.3 Å². The molecule has 2 aromatic carbocycles. The number of nitrogens with one attached hydrogen (secondary N) is 2. The summed E-state index contributed by atoms with van der Waals surface area (Å²) in [5, 5.41) is 10.8. The molecular formula is C26H28ClN7O2. The lowest BCUT2D eigenvalue weighted by Gasteiger charge is -2.14. The molecule has 10 heteroatoms. The lowest BCUT2D eigenvalue weighted by Crippen LogP contribution is -2.13. The molecule has 0 saturated heterocycles. The summed E-state index contributed by atoms with van der Waals surface area (Å²) in [6.07, 6.45) is 5.15. The normalized spacial score (nSPS) is 10.9. The van der Waals surface area contributed by atoms with Crippen LogP contribution in [-0.2, 0) is 0 Å². The Morgan fingerprint density at radius 1 is 1.11 bits per heavy atom. The van der Waals surface area contributed by atoms with Gasteiger partial charge in [0, 0.05) is 48.8 Å². The van der Waals surface area contributed by atoms with E-state index in [0.29, 0.717) is 39.4 Å². The second kappa shape index (κ2) is 10.7. The van der Waals surface area contributed by atoms with E-state index in [1.807, 2.05) is 68.0 Å². The van der Waals surface area contributed by atoms with Crippen molar-refractivity contribution in [3.05, 3.63) is 71.6 Å². The zero-order valence-corrected chi connectivity index (χ0v) is 21.5. The number of ether oxygens (including phenoxy) is 1. The van der Waals surface area contributed by atoms with Crippen molar-refractivity contribution in [2.45, 2.75) is 19.9 Å². The molecule has 4 rings (SSSR count). The maximum Gasteiger partial charge on any atom is 0.255 e. The lowest BCUT2D eigenvalue weighted by atomic mass is 10.1. The predicted octanol–water partition coefficient (Wildman–Crippen LogP) is 5.64. The lowest BCUT2D eigenvalue weighted by molar-refractivity contribution is 0.102. The molecule has 9 nitrogen and oxygen atoms in total. The van der Waals surface area contributed by atoms with E-state index < -0.39 is 0 Å². The summed E-state index contributed by atoms with van der Waals surface area (Å²) in [4.78, 5) is 23.7. The van der Waals surface area contributed by atoms with Crippen LogP contribution >= 0.6 is 11.6 Å². The molecule has 0 aliphatic rings. The van der Waals surface area contributed by atoms with Crippen molar-refractivity contribution in [2.75, 3.05) is 36.7 Å². The highest BCUT2D eigenvalue weighted by molar-refractivity contribution is 6.32. The summed E-state index contributed by atoms with van der Waals surface area (Å²) in [6.45, 7) is 4.09. The van der Waals surface area contributed by atoms with Crippen LogP contribution in [0.1, 0.15) is 30.2 Å². The highest BCUT2D eigenvalue weighted by atomic mass is 35.5. The Kier molecular flexibility index (Phi) is 7.40. The molecule has 0 bridgehead atoms. The monoisotopic (exact) mass is 505 g/mol. The van der Waals surface area contributed by atoms with Crippen molar-refractivity contribution in [1.82, 2.24) is 19.7 Å². The van der Waals surface area contributed by atoms with E-state index >= 15 is 0 Å². The third-order valence-corrected chi connectivity index (χ3v) is 5.78. The van der Waals surface area contributed by atoms with Crippen molar-refractivity contribution in [1.29, 1.82) is 0 Å². The van der Waals surface area contributed by atoms with Gasteiger partial charge in [0.15, 0.2) is 0 Å². The minimum atomic E-state index is -0.246. The van der Waals surface area contributed by atoms with Crippen LogP contribution in [0, 0.1) is 0 Å². The minimum absolute atomic E-state index is 0.217. The number of benzene rings is 2. The van der Waals surface area contributed by atoms with Gasteiger partial charge < -0.3 is 20.3 Å². The molecule has 2 N–H and O–H groups in total. The second-order valence-corrected chi connectivity index (χ2v) is 9.04. The van der Waals surface area contributed by atoms with Crippen LogP contribution in [-0.4, -0.2) is 46.9 Å². The predicted molar refractivity (Wildman–Crippen MR) is 144 cm³/mol. The van der Waals surface area contributed by atoms with Crippen LogP contribution in [0.5, 0.6) is 5.75 Å². The van der Waals surface area contributed by atoms with Gasteiger partial charge in [0.25, 0.3) is 5.91 Å². The zero-order valence-electron chi connectivity index (χ0n) is 20.8. The van der Waals surface area contributed by atoms with Crippen LogP contribution in [0.4, 0.5) is 23.0 Å². The molecule has 186 valence electrons. The topological polar surface area (TPSA) is 97.2 Å². The van der Waals surface area contributed by atoms with E-state index in [1.54, 1.807) is 24.4 Å². The zero-order chi connectivity index (χ0) is 25.8. The fourth-order valence-electron chi connectivity index (χ4n) is 3.47. The Morgan fingerprint density at radius 2 is 1.86 bits per heavy atom. The van der Waals surface area contributed by atoms with Crippen LogP contribution in [0.15, 0.2) is 61.1 Å². The number of halogens is 1. The summed E-state index contributed by atoms with van der Waals surface area (Å²) >= 11 is 6.37. The van der Waals surface area contributed by atoms with Gasteiger partial charge in [0.2, 0.25) is 5.95 Å². The van der Waals surface area contributed by atoms with Gasteiger partial charge in [0.1, 0.15) is 5.75 Å². The Morgan fingerprint density at radius 3 is 2.50 bits per heavy atom. The Balaban J connectivity index is 1.53. The number of hydrogen-bond acceptors (Lipinski definition) is 7. The van der Waals surface area contributed by atoms with Gasteiger partial charge in [-0.3, -0.25) is 9.48 Å². The molecule has 36 heavy (non-hydrogen) atoms. The van der Waals surface area contributed by atoms with Gasteiger partial charge in [-0.1, -0.05) is 11.6 Å². The van der Waals surface area contributed by atoms with Crippen LogP contribution in [0.2, 0.25) is 5.02 Å². The second-order valence-electron chi connectivity index (χ2n) is 8.63. The first-order chi connectivity index (χ1) is 17.2. The fourth-order valence-corrected chi connectivity index (χ4v) is 3.68. The maximum absolute atomic E-state index is 12.8. The number of nitrogens with zero attached hydrogens (tertiary/aromatic N) is 5. The molecular weight excluding hydrogens is 478 g/mol. The van der Waals surface area contributed by atoms with Crippen molar-refractivity contribution in [3.8, 4) is 17.0 Å². The van der Waals surface area contributed by atoms with Gasteiger partial charge >= 0.3 is 0 Å². The fraction of sp³-hybridized carbons (Fsp3) is 0.231. The van der Waals surface area contributed by atoms with E-state index in [-0.39, 0.29) is 11.9 Å². The van der Waals surface area contributed by atoms with Crippen molar-refractivity contribution >= 4 is 40.5 Å². The number of anilines is 4. The smallest absolute Gasteiger partial charge is 0.255 e. The third-order valence-electron chi connectivity index (χ3n) is 5.50. The number of aromatic nitrogens is 4. The average molecular weight is 506 g/mol. The third kappa shape index (κ3) is 5.58. The largest absolute Gasteiger partial charge is 0.495 e. The number of carbonyl (C=O) groups excluding carboxylic acids is 1. The molecule has 1 amide bonds. The molecule has 0 atom stereocenters. The molecule has 0 aliphatic carbocycles. The maximum atomic E-state index is 12.8. The summed E-state index contributed by atoms with van der Waals surface area (Å²) < 4.78 is 7.36. The standard InChI is InChI=1S/C26H28ClN7O2/c1-16(2)34-15-18(13-29-34)24-21(27)14-28-26(32-24)31-22-11-6-17(12-23(22)36-5)25(35)30-19-7-9-20(10-8-19)33(3)4/h6-16H,1-5H3,(H,30,35)(H,28,31,32). The molecule has 0 saturated carbocycles. The number of amides is 1. The van der Waals surface area contributed by atoms with Gasteiger partial charge in [-0.05, 0) is 56.3 Å². The first-order valence-corrected chi connectivity index (χ1v) is 11.7. The van der Waals surface area contributed by atoms with Crippen molar-refractivity contribution in [2.24, 2.45) is 0 Å². The summed E-state index contributed by atoms with van der Waals surface area (Å²) in [6, 6.07) is 12.9. The van der Waals surface area contributed by atoms with E-state index in [1.165, 1.54) is 13.3 Å². The molecule has 0 spiro atoms. The van der Waals surface area contributed by atoms with E-state index in [2.05, 4.69) is 25.7 Å². The summed E-state index contributed by atoms with van der Waals surface area (Å²) in [5.74, 6) is 0.561. The molecule has 0 unspecified atom stereocenters. The van der Waals surface area contributed by atoms with Gasteiger partial charge in [-0.15, -0.1) is 0 Å². The van der Waals surface area contributed by atoms with Crippen molar-refractivity contribution in [3.63, 3.8) is 0 Å². The number of carbonyl (C=O) groups is 1. The molecule has 0 aliphatic heterocycles. The molecule has 0 radical (unpaired) electrons. The number of methoxy groups -OCH3 is 1. The van der Waals surface area contributed by atoms with E-state index in [9.17, 15) is 4.79 Å². The molecule has 0 fully saturated rings. The Bertz CT molecular complexity index is 1370. The summed E-state index contributed by atoms with van der Waals surface area (Å²) in [5.41, 5.74) is 4.16. The van der Waals surface area contributed by atoms with Crippen LogP contribution < -0.4 is 20.3 Å². The molecule has 2 heterocycles. The first kappa shape index (κ1) is 25.0.